The first kappa shape index (κ1) is 7.63. The minimum atomic E-state index is -0.551. The molecule has 0 rings (SSSR count). The largest absolute Gasteiger partial charge is 0.274 e. The third-order valence-electron chi connectivity index (χ3n) is 0.730. The van der Waals surface area contributed by atoms with Crippen LogP contribution < -0.4 is 0 Å². The lowest BCUT2D eigenvalue weighted by Crippen LogP contribution is -2.27. The molecule has 0 heterocycles. The molecule has 0 spiro atoms. The van der Waals surface area contributed by atoms with Crippen LogP contribution >= 0.6 is 0 Å². The number of amides is 2. The summed E-state index contributed by atoms with van der Waals surface area (Å²) in [6.45, 7) is 2.31. The van der Waals surface area contributed by atoms with Crippen molar-refractivity contribution in [2.45, 2.75) is 13.8 Å². The second-order valence-corrected chi connectivity index (χ2v) is 1.47. The van der Waals surface area contributed by atoms with Crippen molar-refractivity contribution in [3.63, 3.8) is 0 Å². The summed E-state index contributed by atoms with van der Waals surface area (Å²) in [5, 5.41) is 8.10. The smallest absolute Gasteiger partial charge is 0.239 e. The maximum atomic E-state index is 10.3. The number of hydrogen-bond donors (Lipinski definition) is 0. The first-order chi connectivity index (χ1) is 4.09. The fraction of sp³-hybridized carbons (Fsp3) is 0.400. The van der Waals surface area contributed by atoms with E-state index in [4.69, 9.17) is 5.26 Å². The van der Waals surface area contributed by atoms with Gasteiger partial charge >= 0.3 is 0 Å². The zero-order valence-electron chi connectivity index (χ0n) is 5.21. The van der Waals surface area contributed by atoms with Gasteiger partial charge in [-0.15, -0.1) is 0 Å². The van der Waals surface area contributed by atoms with Crippen molar-refractivity contribution in [1.29, 1.82) is 5.26 Å². The molecule has 0 fully saturated rings. The summed E-state index contributed by atoms with van der Waals surface area (Å²) >= 11 is 0. The second-order valence-electron chi connectivity index (χ2n) is 1.47. The van der Waals surface area contributed by atoms with Gasteiger partial charge in [0.2, 0.25) is 11.8 Å². The van der Waals surface area contributed by atoms with Crippen LogP contribution in [0.15, 0.2) is 0 Å². The molecule has 9 heavy (non-hydrogen) atoms. The number of carbonyl (C=O) groups excluding carboxylic acids is 2. The van der Waals surface area contributed by atoms with Gasteiger partial charge in [0.25, 0.3) is 0 Å². The molecular formula is C5H6N2O2. The van der Waals surface area contributed by atoms with E-state index in [2.05, 4.69) is 0 Å². The van der Waals surface area contributed by atoms with Gasteiger partial charge in [0, 0.05) is 13.8 Å². The number of nitriles is 1. The zero-order valence-corrected chi connectivity index (χ0v) is 5.21. The molecule has 0 saturated carbocycles. The Morgan fingerprint density at radius 3 is 1.67 bits per heavy atom. The van der Waals surface area contributed by atoms with E-state index in [1.54, 1.807) is 0 Å². The maximum absolute atomic E-state index is 10.3. The molecule has 48 valence electrons. The summed E-state index contributed by atoms with van der Waals surface area (Å²) in [4.78, 5) is 21.1. The van der Waals surface area contributed by atoms with E-state index in [0.29, 0.717) is 4.90 Å². The van der Waals surface area contributed by atoms with Gasteiger partial charge in [-0.05, 0) is 0 Å². The lowest BCUT2D eigenvalue weighted by atomic mass is 10.5. The van der Waals surface area contributed by atoms with E-state index in [1.807, 2.05) is 0 Å². The molecule has 4 heteroatoms. The number of nitrogens with zero attached hydrogens (tertiary/aromatic N) is 2. The van der Waals surface area contributed by atoms with Crippen LogP contribution in [0.5, 0.6) is 0 Å². The highest BCUT2D eigenvalue weighted by molar-refractivity contribution is 5.94. The van der Waals surface area contributed by atoms with E-state index in [9.17, 15) is 9.59 Å². The molecule has 0 aromatic rings. The number of rotatable bonds is 0. The van der Waals surface area contributed by atoms with Crippen molar-refractivity contribution in [1.82, 2.24) is 4.90 Å². The van der Waals surface area contributed by atoms with Gasteiger partial charge in [-0.1, -0.05) is 0 Å². The van der Waals surface area contributed by atoms with Crippen molar-refractivity contribution in [2.24, 2.45) is 0 Å². The molecule has 0 radical (unpaired) electrons. The molecule has 0 aromatic carbocycles. The van der Waals surface area contributed by atoms with E-state index < -0.39 is 11.8 Å². The highest BCUT2D eigenvalue weighted by atomic mass is 16.2. The molecule has 4 nitrogen and oxygen atoms in total. The summed E-state index contributed by atoms with van der Waals surface area (Å²) in [6, 6.07) is 0. The molecular weight excluding hydrogens is 120 g/mol. The third kappa shape index (κ3) is 1.91. The lowest BCUT2D eigenvalue weighted by molar-refractivity contribution is -0.138. The Morgan fingerprint density at radius 2 is 1.67 bits per heavy atom. The first-order valence-electron chi connectivity index (χ1n) is 2.30. The summed E-state index contributed by atoms with van der Waals surface area (Å²) in [7, 11) is 0. The van der Waals surface area contributed by atoms with E-state index in [-0.39, 0.29) is 0 Å². The Balaban J connectivity index is 4.22. The van der Waals surface area contributed by atoms with Crippen LogP contribution in [-0.4, -0.2) is 16.7 Å². The van der Waals surface area contributed by atoms with Crippen LogP contribution in [0, 0.1) is 11.5 Å². The van der Waals surface area contributed by atoms with E-state index >= 15 is 0 Å². The molecule has 0 aliphatic heterocycles. The van der Waals surface area contributed by atoms with E-state index in [1.165, 1.54) is 6.19 Å². The van der Waals surface area contributed by atoms with Crippen LogP contribution in [0.25, 0.3) is 0 Å². The number of hydrogen-bond acceptors (Lipinski definition) is 3. The summed E-state index contributed by atoms with van der Waals surface area (Å²) in [6.07, 6.45) is 1.44. The Hall–Kier alpha value is -1.37. The second kappa shape index (κ2) is 2.82. The summed E-state index contributed by atoms with van der Waals surface area (Å²) in [5.41, 5.74) is 0. The quantitative estimate of drug-likeness (QED) is 0.335. The van der Waals surface area contributed by atoms with Crippen molar-refractivity contribution < 1.29 is 9.59 Å². The molecule has 0 saturated heterocycles. The first-order valence-corrected chi connectivity index (χ1v) is 2.30. The summed E-state index contributed by atoms with van der Waals surface area (Å²) in [5.74, 6) is -1.10. The Bertz CT molecular complexity index is 166. The lowest BCUT2D eigenvalue weighted by Gasteiger charge is -2.02. The fourth-order valence-electron chi connectivity index (χ4n) is 0.363. The fourth-order valence-corrected chi connectivity index (χ4v) is 0.363. The zero-order chi connectivity index (χ0) is 7.44. The predicted octanol–water partition coefficient (Wildman–Crippen LogP) is -0.138. The van der Waals surface area contributed by atoms with Crippen LogP contribution in [0.1, 0.15) is 13.8 Å². The van der Waals surface area contributed by atoms with Gasteiger partial charge in [0.15, 0.2) is 6.19 Å². The minimum Gasteiger partial charge on any atom is -0.274 e. The van der Waals surface area contributed by atoms with Crippen LogP contribution in [0.4, 0.5) is 0 Å². The Labute approximate surface area is 52.7 Å². The Morgan fingerprint density at radius 1 is 1.33 bits per heavy atom. The molecule has 2 amide bonds. The number of imide groups is 1. The molecule has 0 aliphatic rings. The van der Waals surface area contributed by atoms with Crippen molar-refractivity contribution in [2.75, 3.05) is 0 Å². The van der Waals surface area contributed by atoms with Crippen LogP contribution in [0.3, 0.4) is 0 Å². The Kier molecular flexibility index (Phi) is 2.39. The topological polar surface area (TPSA) is 61.2 Å². The van der Waals surface area contributed by atoms with Crippen molar-refractivity contribution in [3.8, 4) is 6.19 Å². The molecule has 0 N–H and O–H groups in total. The van der Waals surface area contributed by atoms with Crippen molar-refractivity contribution >= 4 is 11.8 Å². The highest BCUT2D eigenvalue weighted by Crippen LogP contribution is 1.85. The minimum absolute atomic E-state index is 0.486. The molecule has 0 aromatic heterocycles. The maximum Gasteiger partial charge on any atom is 0.239 e. The average molecular weight is 126 g/mol. The third-order valence-corrected chi connectivity index (χ3v) is 0.730. The highest BCUT2D eigenvalue weighted by Gasteiger charge is 2.10. The normalized spacial score (nSPS) is 7.67. The number of carbonyl (C=O) groups is 2. The molecule has 0 atom stereocenters. The van der Waals surface area contributed by atoms with Gasteiger partial charge in [0.05, 0.1) is 0 Å². The standard InChI is InChI=1S/C5H6N2O2/c1-4(8)7(3-6)5(2)9/h1-2H3. The van der Waals surface area contributed by atoms with Gasteiger partial charge < -0.3 is 0 Å². The monoisotopic (exact) mass is 126 g/mol. The predicted molar refractivity (Wildman–Crippen MR) is 28.8 cm³/mol. The van der Waals surface area contributed by atoms with Gasteiger partial charge in [-0.3, -0.25) is 9.59 Å². The van der Waals surface area contributed by atoms with Crippen LogP contribution in [-0.2, 0) is 9.59 Å². The van der Waals surface area contributed by atoms with Gasteiger partial charge in [-0.2, -0.15) is 10.2 Å². The van der Waals surface area contributed by atoms with Crippen LogP contribution in [0.2, 0.25) is 0 Å². The summed E-state index contributed by atoms with van der Waals surface area (Å²) < 4.78 is 0. The van der Waals surface area contributed by atoms with Gasteiger partial charge in [-0.25, -0.2) is 0 Å². The van der Waals surface area contributed by atoms with E-state index in [0.717, 1.165) is 13.8 Å². The SMILES string of the molecule is CC(=O)N(C#N)C(C)=O. The van der Waals surface area contributed by atoms with Gasteiger partial charge in [0.1, 0.15) is 0 Å². The average Bonchev–Trinajstić information content (AvgIpc) is 1.64. The molecule has 0 bridgehead atoms. The molecule has 0 unspecified atom stereocenters. The molecule has 0 aliphatic carbocycles. The van der Waals surface area contributed by atoms with Crippen molar-refractivity contribution in [3.05, 3.63) is 0 Å².